The van der Waals surface area contributed by atoms with Gasteiger partial charge >= 0.3 is 0 Å². The van der Waals surface area contributed by atoms with Gasteiger partial charge in [-0.25, -0.2) is 0 Å². The first-order valence-electron chi connectivity index (χ1n) is 19.7. The average molecular weight is 724 g/mol. The molecule has 57 heavy (non-hydrogen) atoms. The van der Waals surface area contributed by atoms with E-state index in [0.717, 1.165) is 17.1 Å². The van der Waals surface area contributed by atoms with Crippen molar-refractivity contribution in [3.8, 4) is 33.4 Å². The molecule has 11 aromatic rings. The van der Waals surface area contributed by atoms with E-state index >= 15 is 0 Å². The molecule has 0 saturated carbocycles. The minimum Gasteiger partial charge on any atom is -0.310 e. The molecular formula is C56H37N. The molecule has 0 spiro atoms. The number of benzene rings is 11. The van der Waals surface area contributed by atoms with E-state index in [0.29, 0.717) is 0 Å². The highest BCUT2D eigenvalue weighted by Gasteiger charge is 2.19. The Bertz CT molecular complexity index is 3280. The van der Waals surface area contributed by atoms with Crippen LogP contribution in [0, 0.1) is 0 Å². The van der Waals surface area contributed by atoms with Gasteiger partial charge in [-0.2, -0.15) is 0 Å². The molecule has 0 amide bonds. The molecule has 0 aromatic heterocycles. The first kappa shape index (κ1) is 32.9. The van der Waals surface area contributed by atoms with Gasteiger partial charge in [0.2, 0.25) is 0 Å². The van der Waals surface area contributed by atoms with Crippen molar-refractivity contribution in [3.63, 3.8) is 0 Å². The molecule has 11 rings (SSSR count). The molecule has 266 valence electrons. The number of rotatable bonds is 6. The average Bonchev–Trinajstić information content (AvgIpc) is 3.29. The molecule has 1 heteroatoms. The number of hydrogen-bond acceptors (Lipinski definition) is 1. The fourth-order valence-corrected chi connectivity index (χ4v) is 8.79. The van der Waals surface area contributed by atoms with Gasteiger partial charge in [-0.3, -0.25) is 0 Å². The van der Waals surface area contributed by atoms with Crippen molar-refractivity contribution in [3.05, 3.63) is 224 Å². The van der Waals surface area contributed by atoms with Crippen molar-refractivity contribution < 1.29 is 0 Å². The highest BCUT2D eigenvalue weighted by Crippen LogP contribution is 2.44. The zero-order valence-electron chi connectivity index (χ0n) is 31.3. The Balaban J connectivity index is 1.06. The molecule has 0 aliphatic rings. The lowest BCUT2D eigenvalue weighted by Crippen LogP contribution is -2.11. The summed E-state index contributed by atoms with van der Waals surface area (Å²) in [6, 6.07) is 82.1. The van der Waals surface area contributed by atoms with Crippen LogP contribution in [-0.4, -0.2) is 0 Å². The molecule has 0 bridgehead atoms. The number of para-hydroxylation sites is 1. The van der Waals surface area contributed by atoms with Gasteiger partial charge in [-0.05, 0) is 124 Å². The van der Waals surface area contributed by atoms with Crippen LogP contribution >= 0.6 is 0 Å². The smallest absolute Gasteiger partial charge is 0.0540 e. The van der Waals surface area contributed by atoms with Crippen molar-refractivity contribution in [1.82, 2.24) is 0 Å². The Hall–Kier alpha value is -7.48. The van der Waals surface area contributed by atoms with Crippen molar-refractivity contribution in [1.29, 1.82) is 0 Å². The van der Waals surface area contributed by atoms with Gasteiger partial charge in [0.05, 0.1) is 5.69 Å². The Labute approximate surface area is 332 Å². The first-order valence-corrected chi connectivity index (χ1v) is 19.7. The normalized spacial score (nSPS) is 11.5. The van der Waals surface area contributed by atoms with E-state index in [1.807, 2.05) is 0 Å². The summed E-state index contributed by atoms with van der Waals surface area (Å²) in [6.07, 6.45) is 0. The molecule has 0 heterocycles. The maximum Gasteiger partial charge on any atom is 0.0540 e. The van der Waals surface area contributed by atoms with Gasteiger partial charge in [-0.15, -0.1) is 0 Å². The Morgan fingerprint density at radius 1 is 0.246 bits per heavy atom. The highest BCUT2D eigenvalue weighted by molar-refractivity contribution is 6.20. The molecule has 0 radical (unpaired) electrons. The third kappa shape index (κ3) is 5.80. The molecule has 11 aromatic carbocycles. The SMILES string of the molecule is c1ccc(-c2ccc(N(c3ccc4ccc(-c5ccc6c(ccc7ccc8ccccc8c76)c5)cc4c3)c3ccccc3-c3cccc4ccccc34)cc2)cc1. The third-order valence-electron chi connectivity index (χ3n) is 11.6. The van der Waals surface area contributed by atoms with Crippen LogP contribution in [0.1, 0.15) is 0 Å². The molecule has 0 atom stereocenters. The summed E-state index contributed by atoms with van der Waals surface area (Å²) in [5.74, 6) is 0. The van der Waals surface area contributed by atoms with E-state index in [-0.39, 0.29) is 0 Å². The summed E-state index contributed by atoms with van der Waals surface area (Å²) in [4.78, 5) is 2.42. The third-order valence-corrected chi connectivity index (χ3v) is 11.6. The zero-order valence-corrected chi connectivity index (χ0v) is 31.3. The van der Waals surface area contributed by atoms with Crippen LogP contribution in [0.2, 0.25) is 0 Å². The monoisotopic (exact) mass is 723 g/mol. The maximum atomic E-state index is 2.42. The first-order chi connectivity index (χ1) is 28.2. The van der Waals surface area contributed by atoms with Gasteiger partial charge in [0.1, 0.15) is 0 Å². The minimum absolute atomic E-state index is 1.10. The molecular weight excluding hydrogens is 687 g/mol. The Morgan fingerprint density at radius 2 is 0.772 bits per heavy atom. The summed E-state index contributed by atoms with van der Waals surface area (Å²) in [5, 5.41) is 12.6. The molecule has 1 nitrogen and oxygen atoms in total. The molecule has 0 unspecified atom stereocenters. The quantitative estimate of drug-likeness (QED) is 0.154. The predicted octanol–water partition coefficient (Wildman–Crippen LogP) is 15.9. The number of anilines is 3. The molecule has 0 N–H and O–H groups in total. The summed E-state index contributed by atoms with van der Waals surface area (Å²) in [5.41, 5.74) is 10.6. The Kier molecular flexibility index (Phi) is 7.89. The van der Waals surface area contributed by atoms with Crippen molar-refractivity contribution in [2.45, 2.75) is 0 Å². The summed E-state index contributed by atoms with van der Waals surface area (Å²) in [6.45, 7) is 0. The lowest BCUT2D eigenvalue weighted by Gasteiger charge is -2.28. The summed E-state index contributed by atoms with van der Waals surface area (Å²) in [7, 11) is 0. The van der Waals surface area contributed by atoms with E-state index in [1.54, 1.807) is 0 Å². The number of hydrogen-bond donors (Lipinski definition) is 0. The van der Waals surface area contributed by atoms with Crippen molar-refractivity contribution >= 4 is 70.9 Å². The van der Waals surface area contributed by atoms with Gasteiger partial charge < -0.3 is 4.90 Å². The number of nitrogens with zero attached hydrogens (tertiary/aromatic N) is 1. The second-order valence-corrected chi connectivity index (χ2v) is 14.9. The van der Waals surface area contributed by atoms with E-state index in [2.05, 4.69) is 229 Å². The highest BCUT2D eigenvalue weighted by atomic mass is 15.1. The second kappa shape index (κ2) is 13.7. The topological polar surface area (TPSA) is 3.24 Å². The molecule has 0 aliphatic heterocycles. The molecule has 0 fully saturated rings. The predicted molar refractivity (Wildman–Crippen MR) is 245 cm³/mol. The maximum absolute atomic E-state index is 2.42. The van der Waals surface area contributed by atoms with Gasteiger partial charge in [0.15, 0.2) is 0 Å². The van der Waals surface area contributed by atoms with Gasteiger partial charge in [0.25, 0.3) is 0 Å². The van der Waals surface area contributed by atoms with Crippen molar-refractivity contribution in [2.24, 2.45) is 0 Å². The fourth-order valence-electron chi connectivity index (χ4n) is 8.79. The summed E-state index contributed by atoms with van der Waals surface area (Å²) >= 11 is 0. The van der Waals surface area contributed by atoms with Crippen LogP contribution in [-0.2, 0) is 0 Å². The van der Waals surface area contributed by atoms with Crippen LogP contribution in [0.4, 0.5) is 17.1 Å². The van der Waals surface area contributed by atoms with Gasteiger partial charge in [0, 0.05) is 16.9 Å². The second-order valence-electron chi connectivity index (χ2n) is 14.9. The van der Waals surface area contributed by atoms with Crippen molar-refractivity contribution in [2.75, 3.05) is 4.90 Å². The van der Waals surface area contributed by atoms with Crippen LogP contribution in [0.15, 0.2) is 224 Å². The zero-order chi connectivity index (χ0) is 37.7. The number of fused-ring (bicyclic) bond motifs is 7. The lowest BCUT2D eigenvalue weighted by molar-refractivity contribution is 1.29. The molecule has 0 saturated heterocycles. The minimum atomic E-state index is 1.10. The van der Waals surface area contributed by atoms with Crippen LogP contribution in [0.25, 0.3) is 87.2 Å². The Morgan fingerprint density at radius 3 is 1.61 bits per heavy atom. The molecule has 0 aliphatic carbocycles. The summed E-state index contributed by atoms with van der Waals surface area (Å²) < 4.78 is 0. The van der Waals surface area contributed by atoms with Crippen LogP contribution < -0.4 is 4.90 Å². The fraction of sp³-hybridized carbons (Fsp3) is 0. The van der Waals surface area contributed by atoms with Gasteiger partial charge in [-0.1, -0.05) is 182 Å². The van der Waals surface area contributed by atoms with E-state index in [9.17, 15) is 0 Å². The van der Waals surface area contributed by atoms with E-state index in [4.69, 9.17) is 0 Å². The van der Waals surface area contributed by atoms with Crippen LogP contribution in [0.5, 0.6) is 0 Å². The van der Waals surface area contributed by atoms with Crippen LogP contribution in [0.3, 0.4) is 0 Å². The van der Waals surface area contributed by atoms with E-state index in [1.165, 1.54) is 87.2 Å². The lowest BCUT2D eigenvalue weighted by atomic mass is 9.93. The largest absolute Gasteiger partial charge is 0.310 e. The van der Waals surface area contributed by atoms with E-state index < -0.39 is 0 Å². The standard InChI is InChI=1S/C56H37N/c1-2-11-38(12-3-1)39-27-31-48(32-28-39)57(55-20-9-8-18-54(55)53-19-10-15-41-13-4-6-16-50(41)53)49-33-29-40-21-25-44(36-47(40)37-49)45-30-34-52-46(35-45)26-24-43-23-22-42-14-5-7-17-51(42)56(43)52/h1-37H.